The number of fused-ring (bicyclic) bond motifs is 1. The number of amides is 3. The predicted octanol–water partition coefficient (Wildman–Crippen LogP) is 6.65. The van der Waals surface area contributed by atoms with Crippen LogP contribution in [-0.4, -0.2) is 93.6 Å². The summed E-state index contributed by atoms with van der Waals surface area (Å²) in [4.78, 5) is 53.7. The maximum atomic E-state index is 13.8. The standard InChI is InChI=1S/C43H55N7O7/c1-24(2)35(47-42(53)55-5)40(51)49-19-7-9-33(49)38-31-23-57-22-30(31)37(46-38)29-17-13-27(14-18-29)26-11-15-28(16-12-26)32-21-44-39(45-32)34-10-8-20-50(34)41(52)36(25(3)4)48-43(54)56-6/h11-18,21,24-25,33-36,41,46,52H,7-10,19-20,22-23H2,1-6H3,(H,44,45)(H,47,53)(H,48,54)/t33-,34-,35-,36-,41?/m0/s1. The molecule has 14 heteroatoms. The highest BCUT2D eigenvalue weighted by Gasteiger charge is 2.40. The van der Waals surface area contributed by atoms with Gasteiger partial charge < -0.3 is 44.8 Å². The van der Waals surface area contributed by atoms with Gasteiger partial charge in [0.25, 0.3) is 0 Å². The average molecular weight is 782 g/mol. The van der Waals surface area contributed by atoms with E-state index in [-0.39, 0.29) is 29.8 Å². The highest BCUT2D eigenvalue weighted by molar-refractivity contribution is 5.86. The number of hydrogen-bond donors (Lipinski definition) is 5. The molecule has 5 N–H and O–H groups in total. The first-order valence-electron chi connectivity index (χ1n) is 20.0. The van der Waals surface area contributed by atoms with Gasteiger partial charge in [-0.3, -0.25) is 9.69 Å². The second-order valence-electron chi connectivity index (χ2n) is 16.0. The molecule has 2 saturated heterocycles. The Morgan fingerprint density at radius 2 is 1.39 bits per heavy atom. The second-order valence-corrected chi connectivity index (χ2v) is 16.0. The first-order chi connectivity index (χ1) is 27.5. The smallest absolute Gasteiger partial charge is 0.407 e. The van der Waals surface area contributed by atoms with Gasteiger partial charge in [-0.1, -0.05) is 76.2 Å². The van der Waals surface area contributed by atoms with E-state index < -0.39 is 30.5 Å². The molecule has 1 unspecified atom stereocenters. The fourth-order valence-electron chi connectivity index (χ4n) is 8.63. The minimum absolute atomic E-state index is 0.00617. The largest absolute Gasteiger partial charge is 0.453 e. The van der Waals surface area contributed by atoms with Gasteiger partial charge in [-0.2, -0.15) is 0 Å². The van der Waals surface area contributed by atoms with Crippen LogP contribution in [0.5, 0.6) is 0 Å². The molecule has 0 spiro atoms. The number of aliphatic hydroxyl groups excluding tert-OH is 1. The molecule has 57 heavy (non-hydrogen) atoms. The van der Waals surface area contributed by atoms with Crippen molar-refractivity contribution < 1.29 is 33.7 Å². The van der Waals surface area contributed by atoms with E-state index in [2.05, 4.69) is 69.1 Å². The molecule has 3 amide bonds. The zero-order valence-corrected chi connectivity index (χ0v) is 33.6. The molecule has 0 bridgehead atoms. The molecule has 7 rings (SSSR count). The highest BCUT2D eigenvalue weighted by atomic mass is 16.5. The van der Waals surface area contributed by atoms with E-state index in [0.717, 1.165) is 82.0 Å². The number of carbonyl (C=O) groups is 3. The number of likely N-dealkylation sites (tertiary alicyclic amines) is 2. The van der Waals surface area contributed by atoms with Crippen LogP contribution in [-0.2, 0) is 32.2 Å². The number of methoxy groups -OCH3 is 2. The minimum Gasteiger partial charge on any atom is -0.453 e. The molecule has 2 fully saturated rings. The fourth-order valence-corrected chi connectivity index (χ4v) is 8.63. The van der Waals surface area contributed by atoms with Crippen molar-refractivity contribution in [3.63, 3.8) is 0 Å². The molecule has 0 saturated carbocycles. The van der Waals surface area contributed by atoms with Crippen LogP contribution in [0.1, 0.15) is 88.1 Å². The van der Waals surface area contributed by atoms with Crippen molar-refractivity contribution in [3.05, 3.63) is 77.4 Å². The third-order valence-electron chi connectivity index (χ3n) is 11.8. The molecule has 14 nitrogen and oxygen atoms in total. The summed E-state index contributed by atoms with van der Waals surface area (Å²) in [5, 5.41) is 16.9. The van der Waals surface area contributed by atoms with E-state index in [9.17, 15) is 19.5 Å². The molecule has 0 radical (unpaired) electrons. The molecule has 5 atom stereocenters. The van der Waals surface area contributed by atoms with E-state index in [0.29, 0.717) is 26.3 Å². The molecule has 3 aliphatic rings. The normalized spacial score (nSPS) is 19.8. The minimum atomic E-state index is -0.890. The maximum absolute atomic E-state index is 13.8. The topological polar surface area (TPSA) is 174 Å². The summed E-state index contributed by atoms with van der Waals surface area (Å²) < 4.78 is 15.6. The molecule has 2 aromatic carbocycles. The van der Waals surface area contributed by atoms with Crippen LogP contribution in [0.3, 0.4) is 0 Å². The Labute approximate surface area is 333 Å². The number of benzene rings is 2. The number of carbonyl (C=O) groups excluding carboxylic acids is 3. The van der Waals surface area contributed by atoms with Gasteiger partial charge in [0.05, 0.1) is 63.1 Å². The second kappa shape index (κ2) is 17.1. The number of aromatic nitrogens is 3. The van der Waals surface area contributed by atoms with Crippen LogP contribution >= 0.6 is 0 Å². The summed E-state index contributed by atoms with van der Waals surface area (Å²) >= 11 is 0. The van der Waals surface area contributed by atoms with E-state index >= 15 is 0 Å². The molecule has 304 valence electrons. The maximum Gasteiger partial charge on any atom is 0.407 e. The van der Waals surface area contributed by atoms with Crippen molar-refractivity contribution >= 4 is 18.1 Å². The van der Waals surface area contributed by atoms with Gasteiger partial charge in [-0.25, -0.2) is 14.6 Å². The van der Waals surface area contributed by atoms with Crippen LogP contribution in [0.15, 0.2) is 54.7 Å². The van der Waals surface area contributed by atoms with Crippen molar-refractivity contribution in [3.8, 4) is 33.6 Å². The Bertz CT molecular complexity index is 2040. The van der Waals surface area contributed by atoms with Gasteiger partial charge in [0.1, 0.15) is 18.1 Å². The van der Waals surface area contributed by atoms with Crippen LogP contribution < -0.4 is 10.6 Å². The van der Waals surface area contributed by atoms with E-state index in [1.807, 2.05) is 43.7 Å². The predicted molar refractivity (Wildman–Crippen MR) is 214 cm³/mol. The van der Waals surface area contributed by atoms with Crippen molar-refractivity contribution in [1.29, 1.82) is 0 Å². The number of nitrogens with one attached hydrogen (secondary N) is 4. The Morgan fingerprint density at radius 3 is 2.04 bits per heavy atom. The summed E-state index contributed by atoms with van der Waals surface area (Å²) in [5.74, 6) is 0.574. The SMILES string of the molecule is COC(=O)N[C@@H](C(C)C)C(O)N1CCC[C@H]1c1ncc(-c2ccc(-c3ccc(-c4[nH]c([C@@H]5CCCN5C(=O)[C@@H](NC(=O)OC)C(C)C)c5c4COC5)cc3)cc2)[nH]1. The fraction of sp³-hybridized carbons (Fsp3) is 0.488. The van der Waals surface area contributed by atoms with Crippen molar-refractivity contribution in [1.82, 2.24) is 35.4 Å². The quantitative estimate of drug-likeness (QED) is 0.106. The number of aliphatic hydroxyl groups is 1. The summed E-state index contributed by atoms with van der Waals surface area (Å²) in [6, 6.07) is 15.4. The summed E-state index contributed by atoms with van der Waals surface area (Å²) in [6.45, 7) is 10.1. The first kappa shape index (κ1) is 40.0. The Kier molecular flexibility index (Phi) is 12.0. The van der Waals surface area contributed by atoms with Gasteiger partial charge in [-0.05, 0) is 59.8 Å². The Morgan fingerprint density at radius 1 is 0.789 bits per heavy atom. The highest BCUT2D eigenvalue weighted by Crippen LogP contribution is 2.42. The number of imidazole rings is 1. The van der Waals surface area contributed by atoms with E-state index in [1.165, 1.54) is 14.2 Å². The number of alkyl carbamates (subject to hydrolysis) is 2. The Hall–Kier alpha value is -5.18. The summed E-state index contributed by atoms with van der Waals surface area (Å²) in [5.41, 5.74) is 9.36. The monoisotopic (exact) mass is 781 g/mol. The number of ether oxygens (including phenoxy) is 3. The third kappa shape index (κ3) is 8.16. The lowest BCUT2D eigenvalue weighted by Crippen LogP contribution is -2.54. The number of rotatable bonds is 12. The first-order valence-corrected chi connectivity index (χ1v) is 20.0. The van der Waals surface area contributed by atoms with Gasteiger partial charge in [0.15, 0.2) is 0 Å². The number of nitrogens with zero attached hydrogens (tertiary/aromatic N) is 3. The van der Waals surface area contributed by atoms with Crippen molar-refractivity contribution in [2.45, 2.75) is 97.0 Å². The number of aromatic amines is 2. The Balaban J connectivity index is 1.05. The average Bonchev–Trinajstić information content (AvgIpc) is 4.07. The molecule has 3 aliphatic heterocycles. The van der Waals surface area contributed by atoms with E-state index in [1.54, 1.807) is 0 Å². The lowest BCUT2D eigenvalue weighted by Gasteiger charge is -2.35. The number of hydrogen-bond acceptors (Lipinski definition) is 9. The lowest BCUT2D eigenvalue weighted by atomic mass is 9.99. The van der Waals surface area contributed by atoms with Gasteiger partial charge >= 0.3 is 12.2 Å². The van der Waals surface area contributed by atoms with Crippen LogP contribution in [0, 0.1) is 11.8 Å². The molecule has 2 aromatic heterocycles. The number of H-pyrrole nitrogens is 2. The van der Waals surface area contributed by atoms with Crippen molar-refractivity contribution in [2.75, 3.05) is 27.3 Å². The van der Waals surface area contributed by atoms with Crippen LogP contribution in [0.2, 0.25) is 0 Å². The third-order valence-corrected chi connectivity index (χ3v) is 11.8. The molecular formula is C43H55N7O7. The van der Waals surface area contributed by atoms with Crippen LogP contribution in [0.4, 0.5) is 9.59 Å². The van der Waals surface area contributed by atoms with Gasteiger partial charge in [0, 0.05) is 29.9 Å². The van der Waals surface area contributed by atoms with Crippen molar-refractivity contribution in [2.24, 2.45) is 11.8 Å². The van der Waals surface area contributed by atoms with E-state index in [4.69, 9.17) is 19.2 Å². The molecule has 0 aliphatic carbocycles. The molecular weight excluding hydrogens is 727 g/mol. The van der Waals surface area contributed by atoms with Gasteiger partial charge in [0.2, 0.25) is 5.91 Å². The molecule has 5 heterocycles. The van der Waals surface area contributed by atoms with Crippen LogP contribution in [0.25, 0.3) is 33.6 Å². The lowest BCUT2D eigenvalue weighted by molar-refractivity contribution is -0.135. The zero-order valence-electron chi connectivity index (χ0n) is 33.6. The van der Waals surface area contributed by atoms with Gasteiger partial charge in [-0.15, -0.1) is 0 Å². The molecule has 4 aromatic rings. The summed E-state index contributed by atoms with van der Waals surface area (Å²) in [7, 11) is 2.62. The summed E-state index contributed by atoms with van der Waals surface area (Å²) in [6.07, 6.45) is 3.22. The zero-order chi connectivity index (χ0) is 40.4.